The smallest absolute Gasteiger partial charge is 0.300 e. The first-order valence-electron chi connectivity index (χ1n) is 11.7. The molecule has 4 rings (SSSR count). The molecule has 1 N–H and O–H groups in total. The quantitative estimate of drug-likeness (QED) is 0.281. The number of aryl methyl sites for hydroxylation is 1. The summed E-state index contributed by atoms with van der Waals surface area (Å²) in [5, 5.41) is 11.4. The number of ketones is 1. The molecular weight excluding hydrogens is 440 g/mol. The van der Waals surface area contributed by atoms with Crippen molar-refractivity contribution in [2.75, 3.05) is 30.5 Å². The number of carbonyl (C=O) groups is 2. The van der Waals surface area contributed by atoms with Gasteiger partial charge in [0.2, 0.25) is 0 Å². The highest BCUT2D eigenvalue weighted by Gasteiger charge is 2.46. The summed E-state index contributed by atoms with van der Waals surface area (Å²) in [5.74, 6) is -0.853. The summed E-state index contributed by atoms with van der Waals surface area (Å²) < 4.78 is 5.75. The predicted octanol–water partition coefficient (Wildman–Crippen LogP) is 5.48. The van der Waals surface area contributed by atoms with Crippen LogP contribution in [0.25, 0.3) is 5.76 Å². The number of anilines is 2. The van der Waals surface area contributed by atoms with Crippen molar-refractivity contribution in [1.29, 1.82) is 0 Å². The van der Waals surface area contributed by atoms with Gasteiger partial charge >= 0.3 is 0 Å². The van der Waals surface area contributed by atoms with E-state index in [1.165, 1.54) is 4.90 Å². The molecule has 1 amide bonds. The van der Waals surface area contributed by atoms with Gasteiger partial charge in [0, 0.05) is 31.0 Å². The molecule has 1 unspecified atom stereocenters. The van der Waals surface area contributed by atoms with Gasteiger partial charge in [0.15, 0.2) is 0 Å². The number of aliphatic hydroxyl groups excluding tert-OH is 1. The number of aliphatic hydroxyl groups is 1. The second-order valence-corrected chi connectivity index (χ2v) is 8.82. The number of benzene rings is 3. The standard InChI is InChI=1S/C29H30N2O4/c1-5-17-35-24-16-13-21(18-19(24)2)27(32)25-26(20-11-14-22(15-12-20)30(3)4)31(29(34)28(25)33)23-9-7-6-8-10-23/h6-16,18,26,32H,5,17H2,1-4H3/b27-25-. The molecule has 180 valence electrons. The lowest BCUT2D eigenvalue weighted by Crippen LogP contribution is -2.29. The van der Waals surface area contributed by atoms with E-state index in [2.05, 4.69) is 0 Å². The van der Waals surface area contributed by atoms with Gasteiger partial charge in [0.1, 0.15) is 11.5 Å². The van der Waals surface area contributed by atoms with Crippen molar-refractivity contribution in [3.8, 4) is 5.75 Å². The van der Waals surface area contributed by atoms with E-state index in [-0.39, 0.29) is 11.3 Å². The Morgan fingerprint density at radius 2 is 1.69 bits per heavy atom. The summed E-state index contributed by atoms with van der Waals surface area (Å²) >= 11 is 0. The lowest BCUT2D eigenvalue weighted by atomic mass is 9.94. The highest BCUT2D eigenvalue weighted by molar-refractivity contribution is 6.51. The first kappa shape index (κ1) is 24.1. The third-order valence-electron chi connectivity index (χ3n) is 6.11. The molecule has 35 heavy (non-hydrogen) atoms. The van der Waals surface area contributed by atoms with Gasteiger partial charge in [-0.1, -0.05) is 37.3 Å². The molecule has 1 aliphatic heterocycles. The van der Waals surface area contributed by atoms with E-state index in [0.717, 1.165) is 29.0 Å². The largest absolute Gasteiger partial charge is 0.507 e. The highest BCUT2D eigenvalue weighted by Crippen LogP contribution is 2.42. The molecular formula is C29H30N2O4. The zero-order valence-corrected chi connectivity index (χ0v) is 20.5. The average Bonchev–Trinajstić information content (AvgIpc) is 3.13. The van der Waals surface area contributed by atoms with Crippen LogP contribution in [-0.2, 0) is 9.59 Å². The van der Waals surface area contributed by atoms with E-state index >= 15 is 0 Å². The second kappa shape index (κ2) is 10.1. The highest BCUT2D eigenvalue weighted by atomic mass is 16.5. The Morgan fingerprint density at radius 3 is 2.29 bits per heavy atom. The van der Waals surface area contributed by atoms with Crippen LogP contribution in [0.5, 0.6) is 5.75 Å². The first-order valence-corrected chi connectivity index (χ1v) is 11.7. The number of ether oxygens (including phenoxy) is 1. The molecule has 6 nitrogen and oxygen atoms in total. The maximum Gasteiger partial charge on any atom is 0.300 e. The van der Waals surface area contributed by atoms with Crippen LogP contribution in [0.4, 0.5) is 11.4 Å². The van der Waals surface area contributed by atoms with Gasteiger partial charge in [-0.2, -0.15) is 0 Å². The van der Waals surface area contributed by atoms with Gasteiger partial charge < -0.3 is 14.7 Å². The van der Waals surface area contributed by atoms with Crippen molar-refractivity contribution in [2.24, 2.45) is 0 Å². The van der Waals surface area contributed by atoms with E-state index in [1.807, 2.05) is 75.3 Å². The van der Waals surface area contributed by atoms with Gasteiger partial charge in [-0.25, -0.2) is 0 Å². The normalized spacial score (nSPS) is 17.0. The van der Waals surface area contributed by atoms with Crippen LogP contribution in [0, 0.1) is 6.92 Å². The van der Waals surface area contributed by atoms with E-state index in [9.17, 15) is 14.7 Å². The molecule has 1 heterocycles. The van der Waals surface area contributed by atoms with Gasteiger partial charge in [-0.15, -0.1) is 0 Å². The summed E-state index contributed by atoms with van der Waals surface area (Å²) in [6, 6.07) is 21.2. The SMILES string of the molecule is CCCOc1ccc(/C(O)=C2/C(=O)C(=O)N(c3ccccc3)C2c2ccc(N(C)C)cc2)cc1C. The fraction of sp³-hybridized carbons (Fsp3) is 0.241. The molecule has 1 saturated heterocycles. The zero-order valence-electron chi connectivity index (χ0n) is 20.5. The second-order valence-electron chi connectivity index (χ2n) is 8.82. The van der Waals surface area contributed by atoms with Crippen molar-refractivity contribution >= 4 is 28.8 Å². The van der Waals surface area contributed by atoms with E-state index < -0.39 is 17.7 Å². The number of Topliss-reactive ketones (excluding diaryl/α,β-unsaturated/α-hetero) is 1. The number of hydrogen-bond acceptors (Lipinski definition) is 5. The van der Waals surface area contributed by atoms with Crippen LogP contribution in [0.1, 0.15) is 36.1 Å². The van der Waals surface area contributed by atoms with Crippen LogP contribution in [-0.4, -0.2) is 37.5 Å². The summed E-state index contributed by atoms with van der Waals surface area (Å²) in [5.41, 5.74) is 3.69. The maximum atomic E-state index is 13.3. The summed E-state index contributed by atoms with van der Waals surface area (Å²) in [7, 11) is 3.89. The minimum absolute atomic E-state index is 0.0677. The molecule has 6 heteroatoms. The monoisotopic (exact) mass is 470 g/mol. The van der Waals surface area contributed by atoms with Crippen LogP contribution in [0.2, 0.25) is 0 Å². The van der Waals surface area contributed by atoms with E-state index in [1.54, 1.807) is 30.3 Å². The molecule has 0 aliphatic carbocycles. The first-order chi connectivity index (χ1) is 16.8. The van der Waals surface area contributed by atoms with Crippen molar-refractivity contribution < 1.29 is 19.4 Å². The number of para-hydroxylation sites is 1. The zero-order chi connectivity index (χ0) is 25.1. The van der Waals surface area contributed by atoms with E-state index in [4.69, 9.17) is 4.74 Å². The third-order valence-corrected chi connectivity index (χ3v) is 6.11. The van der Waals surface area contributed by atoms with Crippen molar-refractivity contribution in [2.45, 2.75) is 26.3 Å². The molecule has 1 fully saturated rings. The van der Waals surface area contributed by atoms with Gasteiger partial charge in [0.25, 0.3) is 11.7 Å². The van der Waals surface area contributed by atoms with Crippen LogP contribution in [0.3, 0.4) is 0 Å². The topological polar surface area (TPSA) is 70.1 Å². The number of nitrogens with zero attached hydrogens (tertiary/aromatic N) is 2. The Hall–Kier alpha value is -4.06. The Bertz CT molecular complexity index is 1260. The van der Waals surface area contributed by atoms with Crippen molar-refractivity contribution in [3.63, 3.8) is 0 Å². The Balaban J connectivity index is 1.86. The summed E-state index contributed by atoms with van der Waals surface area (Å²) in [6.45, 7) is 4.52. The molecule has 0 bridgehead atoms. The number of carbonyl (C=O) groups excluding carboxylic acids is 2. The van der Waals surface area contributed by atoms with Crippen molar-refractivity contribution in [1.82, 2.24) is 0 Å². The Labute approximate surface area is 206 Å². The molecule has 3 aromatic rings. The summed E-state index contributed by atoms with van der Waals surface area (Å²) in [6.07, 6.45) is 0.886. The average molecular weight is 471 g/mol. The molecule has 3 aromatic carbocycles. The Morgan fingerprint density at radius 1 is 1.00 bits per heavy atom. The molecule has 1 aliphatic rings. The number of amides is 1. The van der Waals surface area contributed by atoms with Gasteiger partial charge in [-0.3, -0.25) is 14.5 Å². The molecule has 0 saturated carbocycles. The lowest BCUT2D eigenvalue weighted by Gasteiger charge is -2.26. The maximum absolute atomic E-state index is 13.3. The van der Waals surface area contributed by atoms with Crippen LogP contribution < -0.4 is 14.5 Å². The molecule has 0 radical (unpaired) electrons. The molecule has 0 aromatic heterocycles. The van der Waals surface area contributed by atoms with E-state index in [0.29, 0.717) is 17.9 Å². The van der Waals surface area contributed by atoms with Gasteiger partial charge in [0.05, 0.1) is 18.2 Å². The summed E-state index contributed by atoms with van der Waals surface area (Å²) in [4.78, 5) is 30.0. The van der Waals surface area contributed by atoms with Crippen LogP contribution >= 0.6 is 0 Å². The third kappa shape index (κ3) is 4.64. The van der Waals surface area contributed by atoms with Crippen LogP contribution in [0.15, 0.2) is 78.4 Å². The minimum atomic E-state index is -0.759. The molecule has 1 atom stereocenters. The number of hydrogen-bond donors (Lipinski definition) is 1. The Kier molecular flexibility index (Phi) is 6.92. The minimum Gasteiger partial charge on any atom is -0.507 e. The molecule has 0 spiro atoms. The fourth-order valence-corrected chi connectivity index (χ4v) is 4.28. The fourth-order valence-electron chi connectivity index (χ4n) is 4.28. The van der Waals surface area contributed by atoms with Crippen molar-refractivity contribution in [3.05, 3.63) is 95.1 Å². The van der Waals surface area contributed by atoms with Gasteiger partial charge in [-0.05, 0) is 66.9 Å². The lowest BCUT2D eigenvalue weighted by molar-refractivity contribution is -0.132. The predicted molar refractivity (Wildman–Crippen MR) is 139 cm³/mol. The number of rotatable bonds is 7.